The molecule has 1 N–H and O–H groups in total. The molecule has 5 aromatic rings. The van der Waals surface area contributed by atoms with Gasteiger partial charge in [0.05, 0.1) is 0 Å². The number of carbonyl (C=O) groups excluding carboxylic acids is 1. The van der Waals surface area contributed by atoms with Gasteiger partial charge in [0.1, 0.15) is 17.0 Å². The van der Waals surface area contributed by atoms with Gasteiger partial charge in [-0.25, -0.2) is 4.98 Å². The molecule has 0 spiro atoms. The van der Waals surface area contributed by atoms with Crippen LogP contribution in [0.1, 0.15) is 16.9 Å². The van der Waals surface area contributed by atoms with E-state index in [2.05, 4.69) is 10.3 Å². The number of nitrogens with zero attached hydrogens (tertiary/aromatic N) is 1. The lowest BCUT2D eigenvalue weighted by atomic mass is 10.1. The van der Waals surface area contributed by atoms with Crippen LogP contribution in [0, 0.1) is 13.8 Å². The second kappa shape index (κ2) is 9.04. The third kappa shape index (κ3) is 4.65. The number of furan rings is 1. The number of halogens is 1. The Morgan fingerprint density at radius 3 is 2.50 bits per heavy atom. The Kier molecular flexibility index (Phi) is 5.78. The van der Waals surface area contributed by atoms with E-state index < -0.39 is 0 Å². The van der Waals surface area contributed by atoms with E-state index in [0.29, 0.717) is 28.1 Å². The zero-order valence-corrected chi connectivity index (χ0v) is 19.4. The topological polar surface area (TPSA) is 68.3 Å². The molecule has 5 rings (SSSR count). The number of hydrogen-bond donors (Lipinski definition) is 1. The van der Waals surface area contributed by atoms with Crippen molar-refractivity contribution in [2.75, 3.05) is 5.32 Å². The number of fused-ring (bicyclic) bond motifs is 1. The Morgan fingerprint density at radius 1 is 0.912 bits per heavy atom. The zero-order valence-electron chi connectivity index (χ0n) is 18.6. The summed E-state index contributed by atoms with van der Waals surface area (Å²) in [5.41, 5.74) is 6.08. The monoisotopic (exact) mass is 468 g/mol. The smallest absolute Gasteiger partial charge is 0.248 e. The SMILES string of the molecule is Cc1ccc2nc(-c3ccc(NC(=O)/C=C/c4ccc(-c5ccc(C)c(Cl)c5)o4)cc3)oc2c1. The highest BCUT2D eigenvalue weighted by Crippen LogP contribution is 2.28. The lowest BCUT2D eigenvalue weighted by Gasteiger charge is -2.03. The maximum absolute atomic E-state index is 12.4. The van der Waals surface area contributed by atoms with Crippen molar-refractivity contribution in [3.8, 4) is 22.8 Å². The van der Waals surface area contributed by atoms with Crippen molar-refractivity contribution in [3.05, 3.63) is 101 Å². The van der Waals surface area contributed by atoms with Crippen LogP contribution < -0.4 is 5.32 Å². The number of amides is 1. The third-order valence-electron chi connectivity index (χ3n) is 5.43. The molecule has 0 aliphatic carbocycles. The largest absolute Gasteiger partial charge is 0.457 e. The van der Waals surface area contributed by atoms with Gasteiger partial charge in [0.15, 0.2) is 5.58 Å². The zero-order chi connectivity index (χ0) is 23.7. The fraction of sp³-hybridized carbons (Fsp3) is 0.0714. The number of oxazole rings is 1. The first-order valence-corrected chi connectivity index (χ1v) is 11.2. The predicted molar refractivity (Wildman–Crippen MR) is 136 cm³/mol. The Balaban J connectivity index is 1.24. The van der Waals surface area contributed by atoms with Crippen LogP contribution in [0.3, 0.4) is 0 Å². The summed E-state index contributed by atoms with van der Waals surface area (Å²) in [5, 5.41) is 3.52. The minimum atomic E-state index is -0.263. The molecule has 0 saturated heterocycles. The van der Waals surface area contributed by atoms with Gasteiger partial charge in [0.25, 0.3) is 0 Å². The van der Waals surface area contributed by atoms with Crippen LogP contribution in [0.25, 0.3) is 40.0 Å². The third-order valence-corrected chi connectivity index (χ3v) is 5.83. The van der Waals surface area contributed by atoms with E-state index in [4.69, 9.17) is 20.4 Å². The van der Waals surface area contributed by atoms with Crippen LogP contribution >= 0.6 is 11.6 Å². The first kappa shape index (κ1) is 21.7. The molecule has 168 valence electrons. The van der Waals surface area contributed by atoms with Crippen LogP contribution in [-0.2, 0) is 4.79 Å². The Bertz CT molecular complexity index is 1530. The van der Waals surface area contributed by atoms with E-state index in [1.807, 2.05) is 86.6 Å². The summed E-state index contributed by atoms with van der Waals surface area (Å²) in [5.74, 6) is 1.54. The highest BCUT2D eigenvalue weighted by Gasteiger charge is 2.09. The molecule has 0 aliphatic rings. The van der Waals surface area contributed by atoms with Gasteiger partial charge in [-0.15, -0.1) is 0 Å². The molecule has 6 heteroatoms. The van der Waals surface area contributed by atoms with E-state index in [9.17, 15) is 4.79 Å². The van der Waals surface area contributed by atoms with Gasteiger partial charge in [0, 0.05) is 27.9 Å². The molecule has 0 radical (unpaired) electrons. The molecular weight excluding hydrogens is 448 g/mol. The van der Waals surface area contributed by atoms with Gasteiger partial charge in [0.2, 0.25) is 11.8 Å². The Labute approximate surface area is 201 Å². The number of nitrogens with one attached hydrogen (secondary N) is 1. The summed E-state index contributed by atoms with van der Waals surface area (Å²) < 4.78 is 11.7. The number of rotatable bonds is 5. The molecule has 5 nitrogen and oxygen atoms in total. The Morgan fingerprint density at radius 2 is 1.71 bits per heavy atom. The highest BCUT2D eigenvalue weighted by atomic mass is 35.5. The molecule has 0 unspecified atom stereocenters. The van der Waals surface area contributed by atoms with Crippen LogP contribution in [0.5, 0.6) is 0 Å². The number of anilines is 1. The summed E-state index contributed by atoms with van der Waals surface area (Å²) >= 11 is 6.20. The summed E-state index contributed by atoms with van der Waals surface area (Å²) in [6, 6.07) is 22.7. The summed E-state index contributed by atoms with van der Waals surface area (Å²) in [7, 11) is 0. The van der Waals surface area contributed by atoms with E-state index in [1.165, 1.54) is 6.08 Å². The van der Waals surface area contributed by atoms with Crippen LogP contribution in [-0.4, -0.2) is 10.9 Å². The molecule has 0 aliphatic heterocycles. The number of hydrogen-bond acceptors (Lipinski definition) is 4. The highest BCUT2D eigenvalue weighted by molar-refractivity contribution is 6.31. The van der Waals surface area contributed by atoms with Crippen molar-refractivity contribution in [1.82, 2.24) is 4.98 Å². The minimum Gasteiger partial charge on any atom is -0.457 e. The van der Waals surface area contributed by atoms with Gasteiger partial charge < -0.3 is 14.2 Å². The van der Waals surface area contributed by atoms with Crippen molar-refractivity contribution in [2.24, 2.45) is 0 Å². The summed E-state index contributed by atoms with van der Waals surface area (Å²) in [6.45, 7) is 3.96. The second-order valence-corrected chi connectivity index (χ2v) is 8.46. The lowest BCUT2D eigenvalue weighted by Crippen LogP contribution is -2.07. The maximum Gasteiger partial charge on any atom is 0.248 e. The quantitative estimate of drug-likeness (QED) is 0.268. The van der Waals surface area contributed by atoms with Gasteiger partial charge in [-0.2, -0.15) is 0 Å². The predicted octanol–water partition coefficient (Wildman–Crippen LogP) is 7.68. The summed E-state index contributed by atoms with van der Waals surface area (Å²) in [4.78, 5) is 16.9. The van der Waals surface area contributed by atoms with Crippen LogP contribution in [0.2, 0.25) is 5.02 Å². The van der Waals surface area contributed by atoms with Gasteiger partial charge in [-0.3, -0.25) is 4.79 Å². The van der Waals surface area contributed by atoms with Crippen LogP contribution in [0.15, 0.2) is 87.7 Å². The van der Waals surface area contributed by atoms with E-state index in [0.717, 1.165) is 33.4 Å². The van der Waals surface area contributed by atoms with E-state index >= 15 is 0 Å². The van der Waals surface area contributed by atoms with Gasteiger partial charge in [-0.1, -0.05) is 29.8 Å². The van der Waals surface area contributed by atoms with Crippen molar-refractivity contribution in [2.45, 2.75) is 13.8 Å². The molecule has 2 aromatic heterocycles. The molecule has 0 bridgehead atoms. The molecule has 1 amide bonds. The molecule has 0 fully saturated rings. The van der Waals surface area contributed by atoms with Crippen LogP contribution in [0.4, 0.5) is 5.69 Å². The summed E-state index contributed by atoms with van der Waals surface area (Å²) in [6.07, 6.45) is 3.06. The van der Waals surface area contributed by atoms with Gasteiger partial charge >= 0.3 is 0 Å². The van der Waals surface area contributed by atoms with Crippen molar-refractivity contribution >= 4 is 40.4 Å². The standard InChI is InChI=1S/C28H21ClN2O3/c1-17-3-12-24-26(15-17)34-28(31-24)19-6-8-21(9-7-19)30-27(32)14-11-22-10-13-25(33-22)20-5-4-18(2)23(29)16-20/h3-16H,1-2H3,(H,30,32)/b14-11+. The van der Waals surface area contributed by atoms with E-state index in [-0.39, 0.29) is 5.91 Å². The number of carbonyl (C=O) groups is 1. The second-order valence-electron chi connectivity index (χ2n) is 8.06. The fourth-order valence-corrected chi connectivity index (χ4v) is 3.72. The Hall–Kier alpha value is -4.09. The van der Waals surface area contributed by atoms with Crippen molar-refractivity contribution in [3.63, 3.8) is 0 Å². The number of aromatic nitrogens is 1. The maximum atomic E-state index is 12.4. The molecule has 3 aromatic carbocycles. The minimum absolute atomic E-state index is 0.263. The first-order valence-electron chi connectivity index (χ1n) is 10.8. The molecule has 0 saturated carbocycles. The normalized spacial score (nSPS) is 11.4. The van der Waals surface area contributed by atoms with Crippen molar-refractivity contribution in [1.29, 1.82) is 0 Å². The lowest BCUT2D eigenvalue weighted by molar-refractivity contribution is -0.111. The van der Waals surface area contributed by atoms with Gasteiger partial charge in [-0.05, 0) is 85.6 Å². The average molecular weight is 469 g/mol. The van der Waals surface area contributed by atoms with Crippen molar-refractivity contribution < 1.29 is 13.6 Å². The molecular formula is C28H21ClN2O3. The molecule has 34 heavy (non-hydrogen) atoms. The van der Waals surface area contributed by atoms with E-state index in [1.54, 1.807) is 6.08 Å². The molecule has 2 heterocycles. The first-order chi connectivity index (χ1) is 16.4. The number of benzene rings is 3. The number of aryl methyl sites for hydroxylation is 2. The fourth-order valence-electron chi connectivity index (χ4n) is 3.54. The average Bonchev–Trinajstić information content (AvgIpc) is 3.47. The molecule has 0 atom stereocenters.